The second-order valence-electron chi connectivity index (χ2n) is 5.23. The monoisotopic (exact) mass is 245 g/mol. The Bertz CT molecular complexity index is 387. The lowest BCUT2D eigenvalue weighted by Gasteiger charge is -2.20. The zero-order valence-electron chi connectivity index (χ0n) is 12.3. The van der Waals surface area contributed by atoms with Crippen LogP contribution in [0.25, 0.3) is 5.57 Å². The molecule has 0 atom stereocenters. The highest BCUT2D eigenvalue weighted by Crippen LogP contribution is 2.23. The molecule has 1 N–H and O–H groups in total. The van der Waals surface area contributed by atoms with Crippen molar-refractivity contribution in [3.8, 4) is 0 Å². The third-order valence-corrected chi connectivity index (χ3v) is 3.34. The van der Waals surface area contributed by atoms with Crippen LogP contribution in [0.15, 0.2) is 24.8 Å². The highest BCUT2D eigenvalue weighted by molar-refractivity contribution is 5.68. The molecule has 1 aromatic rings. The standard InChI is InChI=1S/C17H27N/c1-6-8-15(9-7-2)18-16-11-10-14(5)17(12-16)13(3)4/h10-12,15,18H,3,6-9H2,1-2,4-5H3. The van der Waals surface area contributed by atoms with E-state index in [1.54, 1.807) is 0 Å². The fourth-order valence-corrected chi connectivity index (χ4v) is 2.39. The Labute approximate surface area is 112 Å². The molecule has 0 spiro atoms. The first-order chi connectivity index (χ1) is 8.58. The summed E-state index contributed by atoms with van der Waals surface area (Å²) in [6.45, 7) is 12.8. The first-order valence-corrected chi connectivity index (χ1v) is 7.11. The highest BCUT2D eigenvalue weighted by atomic mass is 14.9. The topological polar surface area (TPSA) is 12.0 Å². The van der Waals surface area contributed by atoms with Gasteiger partial charge in [-0.25, -0.2) is 0 Å². The van der Waals surface area contributed by atoms with Crippen LogP contribution in [-0.4, -0.2) is 6.04 Å². The van der Waals surface area contributed by atoms with Gasteiger partial charge in [0.1, 0.15) is 0 Å². The van der Waals surface area contributed by atoms with Gasteiger partial charge < -0.3 is 5.32 Å². The molecule has 0 aliphatic carbocycles. The lowest BCUT2D eigenvalue weighted by molar-refractivity contribution is 0.586. The number of aryl methyl sites for hydroxylation is 1. The van der Waals surface area contributed by atoms with Gasteiger partial charge >= 0.3 is 0 Å². The van der Waals surface area contributed by atoms with E-state index in [2.05, 4.69) is 57.8 Å². The largest absolute Gasteiger partial charge is 0.382 e. The van der Waals surface area contributed by atoms with E-state index in [1.165, 1.54) is 42.5 Å². The quantitative estimate of drug-likeness (QED) is 0.677. The number of hydrogen-bond donors (Lipinski definition) is 1. The number of rotatable bonds is 7. The van der Waals surface area contributed by atoms with Crippen molar-refractivity contribution in [2.45, 2.75) is 59.4 Å². The third kappa shape index (κ3) is 4.21. The molecule has 0 aliphatic rings. The average Bonchev–Trinajstić information content (AvgIpc) is 2.32. The molecule has 0 radical (unpaired) electrons. The summed E-state index contributed by atoms with van der Waals surface area (Å²) in [5.74, 6) is 0. The van der Waals surface area contributed by atoms with Crippen molar-refractivity contribution < 1.29 is 0 Å². The van der Waals surface area contributed by atoms with Gasteiger partial charge in [0, 0.05) is 11.7 Å². The molecule has 0 unspecified atom stereocenters. The van der Waals surface area contributed by atoms with Crippen molar-refractivity contribution in [3.63, 3.8) is 0 Å². The zero-order chi connectivity index (χ0) is 13.5. The Hall–Kier alpha value is -1.24. The van der Waals surface area contributed by atoms with Gasteiger partial charge in [0.05, 0.1) is 0 Å². The van der Waals surface area contributed by atoms with Gasteiger partial charge in [-0.3, -0.25) is 0 Å². The molecule has 0 amide bonds. The first kappa shape index (κ1) is 14.8. The molecular weight excluding hydrogens is 218 g/mol. The van der Waals surface area contributed by atoms with Crippen LogP contribution in [0.2, 0.25) is 0 Å². The fourth-order valence-electron chi connectivity index (χ4n) is 2.39. The molecule has 1 heteroatoms. The van der Waals surface area contributed by atoms with E-state index in [0.717, 1.165) is 5.57 Å². The van der Waals surface area contributed by atoms with Gasteiger partial charge in [-0.05, 0) is 49.9 Å². The minimum absolute atomic E-state index is 0.598. The second-order valence-corrected chi connectivity index (χ2v) is 5.23. The van der Waals surface area contributed by atoms with Crippen molar-refractivity contribution in [1.29, 1.82) is 0 Å². The normalized spacial score (nSPS) is 10.7. The Morgan fingerprint density at radius 3 is 2.33 bits per heavy atom. The number of benzene rings is 1. The Kier molecular flexibility index (Phi) is 5.97. The molecule has 0 aliphatic heterocycles. The number of nitrogens with one attached hydrogen (secondary N) is 1. The molecule has 0 heterocycles. The SMILES string of the molecule is C=C(C)c1cc(NC(CCC)CCC)ccc1C. The Balaban J connectivity index is 2.82. The summed E-state index contributed by atoms with van der Waals surface area (Å²) in [6, 6.07) is 7.19. The maximum absolute atomic E-state index is 4.05. The number of allylic oxidation sites excluding steroid dienone is 1. The van der Waals surface area contributed by atoms with E-state index in [1.807, 2.05) is 0 Å². The highest BCUT2D eigenvalue weighted by Gasteiger charge is 2.07. The van der Waals surface area contributed by atoms with Gasteiger partial charge in [-0.2, -0.15) is 0 Å². The second kappa shape index (κ2) is 7.25. The predicted octanol–water partition coefficient (Wildman–Crippen LogP) is 5.41. The predicted molar refractivity (Wildman–Crippen MR) is 83.1 cm³/mol. The van der Waals surface area contributed by atoms with Crippen molar-refractivity contribution in [3.05, 3.63) is 35.9 Å². The summed E-state index contributed by atoms with van der Waals surface area (Å²) in [6.07, 6.45) is 4.95. The summed E-state index contributed by atoms with van der Waals surface area (Å²) < 4.78 is 0. The summed E-state index contributed by atoms with van der Waals surface area (Å²) in [5, 5.41) is 3.66. The minimum atomic E-state index is 0.598. The number of hydrogen-bond acceptors (Lipinski definition) is 1. The van der Waals surface area contributed by atoms with Crippen molar-refractivity contribution in [2.24, 2.45) is 0 Å². The molecule has 1 nitrogen and oxygen atoms in total. The summed E-state index contributed by atoms with van der Waals surface area (Å²) in [5.41, 5.74) is 4.94. The third-order valence-electron chi connectivity index (χ3n) is 3.34. The molecule has 0 saturated carbocycles. The van der Waals surface area contributed by atoms with Crippen LogP contribution in [0, 0.1) is 6.92 Å². The van der Waals surface area contributed by atoms with Crippen molar-refractivity contribution in [2.75, 3.05) is 5.32 Å². The van der Waals surface area contributed by atoms with E-state index in [0.29, 0.717) is 6.04 Å². The molecule has 18 heavy (non-hydrogen) atoms. The van der Waals surface area contributed by atoms with Crippen LogP contribution in [0.4, 0.5) is 5.69 Å². The van der Waals surface area contributed by atoms with Crippen LogP contribution >= 0.6 is 0 Å². The average molecular weight is 245 g/mol. The van der Waals surface area contributed by atoms with Gasteiger partial charge in [-0.15, -0.1) is 0 Å². The summed E-state index contributed by atoms with van der Waals surface area (Å²) in [4.78, 5) is 0. The molecule has 1 rings (SSSR count). The molecule has 0 aromatic heterocycles. The van der Waals surface area contributed by atoms with Gasteiger partial charge in [0.15, 0.2) is 0 Å². The van der Waals surface area contributed by atoms with Crippen LogP contribution < -0.4 is 5.32 Å². The maximum Gasteiger partial charge on any atom is 0.0348 e. The first-order valence-electron chi connectivity index (χ1n) is 7.11. The summed E-state index contributed by atoms with van der Waals surface area (Å²) in [7, 11) is 0. The minimum Gasteiger partial charge on any atom is -0.382 e. The van der Waals surface area contributed by atoms with Crippen molar-refractivity contribution >= 4 is 11.3 Å². The lowest BCUT2D eigenvalue weighted by Crippen LogP contribution is -2.18. The molecule has 0 bridgehead atoms. The van der Waals surface area contributed by atoms with E-state index < -0.39 is 0 Å². The molecule has 0 fully saturated rings. The molecule has 100 valence electrons. The lowest BCUT2D eigenvalue weighted by atomic mass is 10.0. The fraction of sp³-hybridized carbons (Fsp3) is 0.529. The zero-order valence-corrected chi connectivity index (χ0v) is 12.3. The van der Waals surface area contributed by atoms with Crippen LogP contribution in [-0.2, 0) is 0 Å². The van der Waals surface area contributed by atoms with Gasteiger partial charge in [-0.1, -0.05) is 44.9 Å². The molecular formula is C17H27N. The van der Waals surface area contributed by atoms with Crippen LogP contribution in [0.1, 0.15) is 57.6 Å². The smallest absolute Gasteiger partial charge is 0.0348 e. The van der Waals surface area contributed by atoms with Gasteiger partial charge in [0.2, 0.25) is 0 Å². The molecule has 1 aromatic carbocycles. The van der Waals surface area contributed by atoms with E-state index in [4.69, 9.17) is 0 Å². The maximum atomic E-state index is 4.05. The Morgan fingerprint density at radius 1 is 1.22 bits per heavy atom. The number of anilines is 1. The van der Waals surface area contributed by atoms with Crippen LogP contribution in [0.5, 0.6) is 0 Å². The van der Waals surface area contributed by atoms with Gasteiger partial charge in [0.25, 0.3) is 0 Å². The summed E-state index contributed by atoms with van der Waals surface area (Å²) >= 11 is 0. The molecule has 0 saturated heterocycles. The van der Waals surface area contributed by atoms with Crippen molar-refractivity contribution in [1.82, 2.24) is 0 Å². The van der Waals surface area contributed by atoms with E-state index >= 15 is 0 Å². The van der Waals surface area contributed by atoms with E-state index in [9.17, 15) is 0 Å². The van der Waals surface area contributed by atoms with E-state index in [-0.39, 0.29) is 0 Å². The van der Waals surface area contributed by atoms with Crippen LogP contribution in [0.3, 0.4) is 0 Å². The Morgan fingerprint density at radius 2 is 1.83 bits per heavy atom.